The number of carbonyl (C=O) groups excluding carboxylic acids is 1. The second kappa shape index (κ2) is 4.80. The molecule has 0 fully saturated rings. The number of aromatic nitrogens is 2. The van der Waals surface area contributed by atoms with Crippen LogP contribution in [0.3, 0.4) is 0 Å². The molecule has 0 radical (unpaired) electrons. The van der Waals surface area contributed by atoms with Gasteiger partial charge in [0.1, 0.15) is 5.56 Å². The first-order valence-corrected chi connectivity index (χ1v) is 4.93. The molecule has 0 aliphatic carbocycles. The Morgan fingerprint density at radius 2 is 2.05 bits per heavy atom. The van der Waals surface area contributed by atoms with Crippen LogP contribution in [0.1, 0.15) is 10.4 Å². The van der Waals surface area contributed by atoms with Crippen LogP contribution in [0.5, 0.6) is 0 Å². The van der Waals surface area contributed by atoms with Crippen molar-refractivity contribution in [3.8, 4) is 0 Å². The highest BCUT2D eigenvalue weighted by molar-refractivity contribution is 6.06. The van der Waals surface area contributed by atoms with E-state index >= 15 is 0 Å². The van der Waals surface area contributed by atoms with Crippen LogP contribution >= 0.6 is 0 Å². The summed E-state index contributed by atoms with van der Waals surface area (Å²) in [7, 11) is 0. The second-order valence-corrected chi connectivity index (χ2v) is 3.43. The van der Waals surface area contributed by atoms with Gasteiger partial charge in [0.25, 0.3) is 11.6 Å². The number of nitrogens with one attached hydrogen (secondary N) is 2. The van der Waals surface area contributed by atoms with Gasteiger partial charge in [0.2, 0.25) is 5.95 Å². The summed E-state index contributed by atoms with van der Waals surface area (Å²) in [5.41, 5.74) is -1.43. The number of amides is 1. The van der Waals surface area contributed by atoms with Crippen molar-refractivity contribution < 1.29 is 18.5 Å². The van der Waals surface area contributed by atoms with Crippen LogP contribution in [0.15, 0.2) is 24.5 Å². The summed E-state index contributed by atoms with van der Waals surface area (Å²) in [4.78, 5) is 27.7. The topological polar surface area (TPSA) is 101 Å². The lowest BCUT2D eigenvalue weighted by Crippen LogP contribution is -2.15. The number of benzene rings is 1. The van der Waals surface area contributed by atoms with E-state index in [1.165, 1.54) is 12.4 Å². The van der Waals surface area contributed by atoms with Crippen molar-refractivity contribution >= 4 is 17.5 Å². The van der Waals surface area contributed by atoms with Crippen LogP contribution in [-0.4, -0.2) is 20.8 Å². The smallest absolute Gasteiger partial charge is 0.285 e. The van der Waals surface area contributed by atoms with E-state index < -0.39 is 33.7 Å². The third-order valence-corrected chi connectivity index (χ3v) is 2.21. The average Bonchev–Trinajstić information content (AvgIpc) is 2.84. The van der Waals surface area contributed by atoms with E-state index in [9.17, 15) is 23.7 Å². The Kier molecular flexibility index (Phi) is 3.19. The SMILES string of the molecule is O=C(Nc1ncc[nH]1)c1cc(F)c(F)cc1[N+](=O)[O-]. The molecule has 7 nitrogen and oxygen atoms in total. The third-order valence-electron chi connectivity index (χ3n) is 2.21. The number of H-pyrrole nitrogens is 1. The molecule has 2 rings (SSSR count). The molecular formula is C10H6F2N4O3. The molecule has 1 aromatic heterocycles. The fourth-order valence-corrected chi connectivity index (χ4v) is 1.38. The van der Waals surface area contributed by atoms with Gasteiger partial charge in [0.15, 0.2) is 11.6 Å². The molecule has 0 atom stereocenters. The van der Waals surface area contributed by atoms with Gasteiger partial charge >= 0.3 is 0 Å². The molecule has 1 heterocycles. The predicted octanol–water partition coefficient (Wildman–Crippen LogP) is 1.85. The van der Waals surface area contributed by atoms with Gasteiger partial charge in [0.05, 0.1) is 11.0 Å². The Morgan fingerprint density at radius 1 is 1.37 bits per heavy atom. The maximum atomic E-state index is 13.1. The Balaban J connectivity index is 2.40. The van der Waals surface area contributed by atoms with E-state index in [2.05, 4.69) is 15.3 Å². The Labute approximate surface area is 104 Å². The molecule has 0 saturated carbocycles. The number of anilines is 1. The van der Waals surface area contributed by atoms with Crippen LogP contribution in [0, 0.1) is 21.7 Å². The zero-order chi connectivity index (χ0) is 14.0. The van der Waals surface area contributed by atoms with Gasteiger partial charge in [-0.25, -0.2) is 13.8 Å². The quantitative estimate of drug-likeness (QED) is 0.655. The molecule has 1 aromatic carbocycles. The maximum Gasteiger partial charge on any atom is 0.285 e. The predicted molar refractivity (Wildman–Crippen MR) is 59.6 cm³/mol. The van der Waals surface area contributed by atoms with Crippen molar-refractivity contribution in [3.63, 3.8) is 0 Å². The van der Waals surface area contributed by atoms with Crippen molar-refractivity contribution in [2.75, 3.05) is 5.32 Å². The largest absolute Gasteiger partial charge is 0.331 e. The lowest BCUT2D eigenvalue weighted by Gasteiger charge is -2.04. The standard InChI is InChI=1S/C10H6F2N4O3/c11-6-3-5(8(16(18)19)4-7(6)12)9(17)15-10-13-1-2-14-10/h1-4H,(H2,13,14,15,17). The number of nitro groups is 1. The summed E-state index contributed by atoms with van der Waals surface area (Å²) in [6.45, 7) is 0. The van der Waals surface area contributed by atoms with Gasteiger partial charge in [0, 0.05) is 12.4 Å². The van der Waals surface area contributed by atoms with Gasteiger partial charge in [-0.15, -0.1) is 0 Å². The first kappa shape index (κ1) is 12.6. The number of halogens is 2. The van der Waals surface area contributed by atoms with Crippen molar-refractivity contribution in [1.82, 2.24) is 9.97 Å². The number of imidazole rings is 1. The number of nitrogens with zero attached hydrogens (tertiary/aromatic N) is 2. The lowest BCUT2D eigenvalue weighted by atomic mass is 10.1. The number of rotatable bonds is 3. The van der Waals surface area contributed by atoms with E-state index in [0.717, 1.165) is 0 Å². The zero-order valence-electron chi connectivity index (χ0n) is 9.18. The monoisotopic (exact) mass is 268 g/mol. The van der Waals surface area contributed by atoms with Crippen LogP contribution in [0.2, 0.25) is 0 Å². The first-order valence-electron chi connectivity index (χ1n) is 4.93. The molecule has 0 saturated heterocycles. The molecule has 1 amide bonds. The van der Waals surface area contributed by atoms with Crippen molar-refractivity contribution in [2.24, 2.45) is 0 Å². The molecule has 98 valence electrons. The number of aromatic amines is 1. The van der Waals surface area contributed by atoms with Crippen molar-refractivity contribution in [1.29, 1.82) is 0 Å². The number of hydrogen-bond acceptors (Lipinski definition) is 4. The Bertz CT molecular complexity index is 642. The molecule has 2 aromatic rings. The molecule has 0 spiro atoms. The molecule has 0 aliphatic rings. The van der Waals surface area contributed by atoms with E-state index in [4.69, 9.17) is 0 Å². The summed E-state index contributed by atoms with van der Waals surface area (Å²) in [5.74, 6) is -3.69. The molecule has 0 bridgehead atoms. The third kappa shape index (κ3) is 2.54. The second-order valence-electron chi connectivity index (χ2n) is 3.43. The molecule has 2 N–H and O–H groups in total. The summed E-state index contributed by atoms with van der Waals surface area (Å²) < 4.78 is 26.0. The Morgan fingerprint density at radius 3 is 2.63 bits per heavy atom. The normalized spacial score (nSPS) is 10.2. The van der Waals surface area contributed by atoms with E-state index in [1.54, 1.807) is 0 Å². The number of carbonyl (C=O) groups is 1. The van der Waals surface area contributed by atoms with Crippen LogP contribution in [0.25, 0.3) is 0 Å². The van der Waals surface area contributed by atoms with Crippen LogP contribution in [0.4, 0.5) is 20.4 Å². The highest BCUT2D eigenvalue weighted by atomic mass is 19.2. The van der Waals surface area contributed by atoms with Crippen molar-refractivity contribution in [2.45, 2.75) is 0 Å². The molecule has 9 heteroatoms. The average molecular weight is 268 g/mol. The molecule has 0 aliphatic heterocycles. The van der Waals surface area contributed by atoms with Gasteiger partial charge in [-0.2, -0.15) is 0 Å². The lowest BCUT2D eigenvalue weighted by molar-refractivity contribution is -0.385. The fourth-order valence-electron chi connectivity index (χ4n) is 1.38. The number of nitro benzene ring substituents is 1. The van der Waals surface area contributed by atoms with E-state index in [-0.39, 0.29) is 5.95 Å². The fraction of sp³-hybridized carbons (Fsp3) is 0. The Hall–Kier alpha value is -2.84. The molecule has 0 unspecified atom stereocenters. The molecule has 19 heavy (non-hydrogen) atoms. The van der Waals surface area contributed by atoms with Crippen LogP contribution < -0.4 is 5.32 Å². The minimum absolute atomic E-state index is 0.0315. The zero-order valence-corrected chi connectivity index (χ0v) is 9.18. The summed E-state index contributed by atoms with van der Waals surface area (Å²) in [6.07, 6.45) is 2.75. The van der Waals surface area contributed by atoms with Crippen LogP contribution in [-0.2, 0) is 0 Å². The van der Waals surface area contributed by atoms with Gasteiger partial charge < -0.3 is 4.98 Å². The highest BCUT2D eigenvalue weighted by Gasteiger charge is 2.24. The minimum atomic E-state index is -1.40. The van der Waals surface area contributed by atoms with Crippen molar-refractivity contribution in [3.05, 3.63) is 51.8 Å². The highest BCUT2D eigenvalue weighted by Crippen LogP contribution is 2.22. The van der Waals surface area contributed by atoms with E-state index in [0.29, 0.717) is 12.1 Å². The summed E-state index contributed by atoms with van der Waals surface area (Å²) in [6, 6.07) is 0.818. The number of hydrogen-bond donors (Lipinski definition) is 2. The van der Waals surface area contributed by atoms with E-state index in [1.807, 2.05) is 0 Å². The van der Waals surface area contributed by atoms with Gasteiger partial charge in [-0.1, -0.05) is 0 Å². The van der Waals surface area contributed by atoms with Gasteiger partial charge in [-0.3, -0.25) is 20.2 Å². The molecular weight excluding hydrogens is 262 g/mol. The van der Waals surface area contributed by atoms with Gasteiger partial charge in [-0.05, 0) is 6.07 Å². The first-order chi connectivity index (χ1) is 8.99. The summed E-state index contributed by atoms with van der Waals surface area (Å²) in [5, 5.41) is 12.9. The summed E-state index contributed by atoms with van der Waals surface area (Å²) >= 11 is 0. The maximum absolute atomic E-state index is 13.1. The minimum Gasteiger partial charge on any atom is -0.331 e.